The van der Waals surface area contributed by atoms with Crippen LogP contribution in [0.5, 0.6) is 0 Å². The first kappa shape index (κ1) is 7.72. The van der Waals surface area contributed by atoms with Crippen LogP contribution in [0, 0.1) is 6.92 Å². The average Bonchev–Trinajstić information content (AvgIpc) is 2.72. The van der Waals surface area contributed by atoms with Crippen LogP contribution in [0.4, 0.5) is 0 Å². The van der Waals surface area contributed by atoms with E-state index in [2.05, 4.69) is 15.3 Å². The summed E-state index contributed by atoms with van der Waals surface area (Å²) in [5.41, 5.74) is 1.05. The molecule has 0 spiro atoms. The van der Waals surface area contributed by atoms with Crippen LogP contribution in [0.3, 0.4) is 0 Å². The first-order valence-corrected chi connectivity index (χ1v) is 3.79. The van der Waals surface area contributed by atoms with Crippen LogP contribution < -0.4 is 0 Å². The lowest BCUT2D eigenvalue weighted by Gasteiger charge is -1.88. The molecule has 0 amide bonds. The van der Waals surface area contributed by atoms with E-state index in [0.29, 0.717) is 0 Å². The van der Waals surface area contributed by atoms with Crippen LogP contribution in [-0.2, 0) is 0 Å². The highest BCUT2D eigenvalue weighted by molar-refractivity contribution is 5.77. The van der Waals surface area contributed by atoms with Crippen molar-refractivity contribution in [3.63, 3.8) is 0 Å². The van der Waals surface area contributed by atoms with Gasteiger partial charge in [0.25, 0.3) is 0 Å². The van der Waals surface area contributed by atoms with E-state index in [1.165, 1.54) is 17.3 Å². The Morgan fingerprint density at radius 1 is 1.46 bits per heavy atom. The van der Waals surface area contributed by atoms with Gasteiger partial charge in [-0.15, -0.1) is 10.2 Å². The Morgan fingerprint density at radius 2 is 2.23 bits per heavy atom. The molecule has 0 N–H and O–H groups in total. The Balaban J connectivity index is 2.19. The molecule has 0 bridgehead atoms. The van der Waals surface area contributed by atoms with E-state index < -0.39 is 0 Å². The quantitative estimate of drug-likeness (QED) is 0.643. The molecule has 0 fully saturated rings. The second-order valence-corrected chi connectivity index (χ2v) is 2.55. The summed E-state index contributed by atoms with van der Waals surface area (Å²) < 4.78 is 6.66. The van der Waals surface area contributed by atoms with Gasteiger partial charge in [0.15, 0.2) is 0 Å². The van der Waals surface area contributed by atoms with Crippen molar-refractivity contribution in [2.45, 2.75) is 6.92 Å². The van der Waals surface area contributed by atoms with Crippen molar-refractivity contribution in [2.75, 3.05) is 0 Å². The van der Waals surface area contributed by atoms with Gasteiger partial charge in [-0.1, -0.05) is 0 Å². The largest absolute Gasteiger partial charge is 0.463 e. The summed E-state index contributed by atoms with van der Waals surface area (Å²) in [4.78, 5) is 0. The van der Waals surface area contributed by atoms with Gasteiger partial charge in [0.1, 0.15) is 18.4 Å². The van der Waals surface area contributed by atoms with Crippen LogP contribution in [0.1, 0.15) is 11.3 Å². The summed E-state index contributed by atoms with van der Waals surface area (Å²) >= 11 is 0. The van der Waals surface area contributed by atoms with Crippen LogP contribution in [0.25, 0.3) is 0 Å². The highest BCUT2D eigenvalue weighted by atomic mass is 16.3. The monoisotopic (exact) mass is 176 g/mol. The summed E-state index contributed by atoms with van der Waals surface area (Å²) in [6, 6.07) is 1.88. The van der Waals surface area contributed by atoms with Crippen molar-refractivity contribution in [2.24, 2.45) is 5.10 Å². The van der Waals surface area contributed by atoms with Crippen molar-refractivity contribution < 1.29 is 4.42 Å². The maximum absolute atomic E-state index is 5.16. The zero-order valence-corrected chi connectivity index (χ0v) is 7.08. The van der Waals surface area contributed by atoms with E-state index in [-0.39, 0.29) is 0 Å². The Bertz CT molecular complexity index is 401. The van der Waals surface area contributed by atoms with Gasteiger partial charge >= 0.3 is 0 Å². The minimum absolute atomic E-state index is 0.744. The third kappa shape index (κ3) is 1.64. The summed E-state index contributed by atoms with van der Waals surface area (Å²) in [7, 11) is 0. The SMILES string of the molecule is Cc1ccoc1/C=N/n1cnnc1. The van der Waals surface area contributed by atoms with Crippen LogP contribution in [0.2, 0.25) is 0 Å². The fraction of sp³-hybridized carbons (Fsp3) is 0.125. The fourth-order valence-electron chi connectivity index (χ4n) is 0.891. The van der Waals surface area contributed by atoms with Crippen LogP contribution >= 0.6 is 0 Å². The van der Waals surface area contributed by atoms with E-state index in [0.717, 1.165) is 11.3 Å². The van der Waals surface area contributed by atoms with Gasteiger partial charge in [0, 0.05) is 0 Å². The summed E-state index contributed by atoms with van der Waals surface area (Å²) in [6.07, 6.45) is 6.27. The molecule has 0 aliphatic rings. The van der Waals surface area contributed by atoms with Crippen LogP contribution in [-0.4, -0.2) is 21.1 Å². The summed E-state index contributed by atoms with van der Waals surface area (Å²) in [6.45, 7) is 1.96. The third-order valence-corrected chi connectivity index (χ3v) is 1.62. The fourth-order valence-corrected chi connectivity index (χ4v) is 0.891. The molecule has 0 unspecified atom stereocenters. The highest BCUT2D eigenvalue weighted by Gasteiger charge is 1.96. The van der Waals surface area contributed by atoms with Crippen molar-refractivity contribution in [1.82, 2.24) is 14.9 Å². The summed E-state index contributed by atoms with van der Waals surface area (Å²) in [5, 5.41) is 11.3. The molecular weight excluding hydrogens is 168 g/mol. The molecule has 66 valence electrons. The smallest absolute Gasteiger partial charge is 0.149 e. The Hall–Kier alpha value is -1.91. The van der Waals surface area contributed by atoms with Crippen molar-refractivity contribution >= 4 is 6.21 Å². The minimum Gasteiger partial charge on any atom is -0.463 e. The number of aryl methyl sites for hydroxylation is 1. The molecule has 13 heavy (non-hydrogen) atoms. The van der Waals surface area contributed by atoms with E-state index >= 15 is 0 Å². The lowest BCUT2D eigenvalue weighted by Crippen LogP contribution is -1.86. The maximum Gasteiger partial charge on any atom is 0.149 e. The second-order valence-electron chi connectivity index (χ2n) is 2.55. The molecule has 5 heteroatoms. The highest BCUT2D eigenvalue weighted by Crippen LogP contribution is 2.05. The van der Waals surface area contributed by atoms with Gasteiger partial charge in [-0.2, -0.15) is 5.10 Å². The Morgan fingerprint density at radius 3 is 2.85 bits per heavy atom. The first-order valence-electron chi connectivity index (χ1n) is 3.79. The number of rotatable bonds is 2. The van der Waals surface area contributed by atoms with Crippen molar-refractivity contribution in [3.05, 3.63) is 36.3 Å². The molecule has 0 aliphatic heterocycles. The number of hydrogen-bond acceptors (Lipinski definition) is 4. The van der Waals surface area contributed by atoms with Gasteiger partial charge in [-0.05, 0) is 18.6 Å². The molecule has 0 radical (unpaired) electrons. The number of aromatic nitrogens is 3. The molecule has 0 aliphatic carbocycles. The molecule has 0 aromatic carbocycles. The predicted octanol–water partition coefficient (Wildman–Crippen LogP) is 1.06. The zero-order chi connectivity index (χ0) is 9.10. The molecular formula is C8H8N4O. The van der Waals surface area contributed by atoms with E-state index in [1.807, 2.05) is 13.0 Å². The Kier molecular flexibility index (Phi) is 1.91. The van der Waals surface area contributed by atoms with Gasteiger partial charge in [0.2, 0.25) is 0 Å². The van der Waals surface area contributed by atoms with E-state index in [9.17, 15) is 0 Å². The van der Waals surface area contributed by atoms with E-state index in [4.69, 9.17) is 4.42 Å². The van der Waals surface area contributed by atoms with Crippen LogP contribution in [0.15, 0.2) is 34.5 Å². The molecule has 5 nitrogen and oxygen atoms in total. The summed E-state index contributed by atoms with van der Waals surface area (Å²) in [5.74, 6) is 0.744. The van der Waals surface area contributed by atoms with Crippen molar-refractivity contribution in [1.29, 1.82) is 0 Å². The van der Waals surface area contributed by atoms with Gasteiger partial charge < -0.3 is 4.42 Å². The molecule has 0 atom stereocenters. The lowest BCUT2D eigenvalue weighted by molar-refractivity contribution is 0.557. The second kappa shape index (κ2) is 3.22. The zero-order valence-electron chi connectivity index (χ0n) is 7.08. The topological polar surface area (TPSA) is 56.2 Å². The molecule has 0 saturated heterocycles. The predicted molar refractivity (Wildman–Crippen MR) is 46.5 cm³/mol. The van der Waals surface area contributed by atoms with Gasteiger partial charge in [-0.3, -0.25) is 0 Å². The minimum atomic E-state index is 0.744. The number of nitrogens with zero attached hydrogens (tertiary/aromatic N) is 4. The number of furan rings is 1. The van der Waals surface area contributed by atoms with Gasteiger partial charge in [-0.25, -0.2) is 4.68 Å². The van der Waals surface area contributed by atoms with Gasteiger partial charge in [0.05, 0.1) is 12.5 Å². The third-order valence-electron chi connectivity index (χ3n) is 1.62. The molecule has 2 heterocycles. The Labute approximate surface area is 74.7 Å². The maximum atomic E-state index is 5.16. The van der Waals surface area contributed by atoms with Crippen molar-refractivity contribution in [3.8, 4) is 0 Å². The molecule has 2 aromatic heterocycles. The molecule has 0 saturated carbocycles. The lowest BCUT2D eigenvalue weighted by atomic mass is 10.3. The molecule has 2 rings (SSSR count). The first-order chi connectivity index (χ1) is 6.36. The standard InChI is InChI=1S/C8H8N4O/c1-7-2-3-13-8(7)4-11-12-5-9-10-6-12/h2-6H,1H3/b11-4+. The molecule has 2 aromatic rings. The number of hydrogen-bond donors (Lipinski definition) is 0. The normalized spacial score (nSPS) is 11.2. The average molecular weight is 176 g/mol. The van der Waals surface area contributed by atoms with E-state index in [1.54, 1.807) is 12.5 Å².